The second-order valence-corrected chi connectivity index (χ2v) is 12.7. The molecule has 262 valence electrons. The third-order valence-electron chi connectivity index (χ3n) is 9.49. The van der Waals surface area contributed by atoms with E-state index < -0.39 is 114 Å². The maximum Gasteiger partial charge on any atom is 0.166 e. The van der Waals surface area contributed by atoms with E-state index in [2.05, 4.69) is 4.98 Å². The number of fused-ring (bicyclic) bond motifs is 6. The van der Waals surface area contributed by atoms with Gasteiger partial charge in [0.05, 0.1) is 40.0 Å². The van der Waals surface area contributed by atoms with Crippen LogP contribution in [0.1, 0.15) is 23.3 Å². The van der Waals surface area contributed by atoms with Gasteiger partial charge in [-0.3, -0.25) is 0 Å². The zero-order valence-electron chi connectivity index (χ0n) is 45.9. The van der Waals surface area contributed by atoms with E-state index in [1.165, 1.54) is 4.57 Å². The van der Waals surface area contributed by atoms with E-state index in [0.29, 0.717) is 27.9 Å². The maximum absolute atomic E-state index is 9.73. The Balaban J connectivity index is 1.30. The summed E-state index contributed by atoms with van der Waals surface area (Å²) in [6.07, 6.45) is 0. The topological polar surface area (TPSA) is 56.7 Å². The van der Waals surface area contributed by atoms with Crippen molar-refractivity contribution in [3.8, 4) is 62.1 Å². The summed E-state index contributed by atoms with van der Waals surface area (Å²) < 4.78 is 159. The van der Waals surface area contributed by atoms with E-state index in [9.17, 15) is 6.85 Å². The van der Waals surface area contributed by atoms with Crippen molar-refractivity contribution in [3.63, 3.8) is 0 Å². The highest BCUT2D eigenvalue weighted by atomic mass is 16.3. The first-order chi connectivity index (χ1) is 34.8. The molecule has 56 heavy (non-hydrogen) atoms. The molecular weight excluding hydrogens is 685 g/mol. The van der Waals surface area contributed by atoms with Gasteiger partial charge in [0.15, 0.2) is 17.5 Å². The molecule has 0 spiro atoms. The lowest BCUT2D eigenvalue weighted by Gasteiger charge is -2.16. The second kappa shape index (κ2) is 13.0. The average molecular weight is 734 g/mol. The van der Waals surface area contributed by atoms with E-state index >= 15 is 0 Å². The number of para-hydroxylation sites is 2. The fraction of sp³-hybridized carbons (Fsp3) is 0. The molecule has 0 atom stereocenters. The van der Waals surface area contributed by atoms with Crippen molar-refractivity contribution in [2.75, 3.05) is 0 Å². The number of rotatable bonds is 6. The molecule has 0 unspecified atom stereocenters. The van der Waals surface area contributed by atoms with Gasteiger partial charge in [0.1, 0.15) is 11.2 Å². The molecule has 8 aromatic carbocycles. The highest BCUT2D eigenvalue weighted by molar-refractivity contribution is 6.11. The molecule has 0 amide bonds. The van der Waals surface area contributed by atoms with Crippen LogP contribution in [0, 0.1) is 0 Å². The summed E-state index contributed by atoms with van der Waals surface area (Å²) in [4.78, 5) is 14.4. The molecule has 3 aromatic heterocycles. The van der Waals surface area contributed by atoms with Crippen molar-refractivity contribution < 1.29 is 27.7 Å². The maximum atomic E-state index is 9.73. The van der Waals surface area contributed by atoms with Crippen LogP contribution in [-0.4, -0.2) is 19.5 Å². The van der Waals surface area contributed by atoms with Gasteiger partial charge in [0.25, 0.3) is 0 Å². The molecule has 5 nitrogen and oxygen atoms in total. The number of hydrogen-bond acceptors (Lipinski definition) is 4. The van der Waals surface area contributed by atoms with Gasteiger partial charge in [-0.15, -0.1) is 0 Å². The van der Waals surface area contributed by atoms with Crippen LogP contribution in [0.3, 0.4) is 0 Å². The lowest BCUT2D eigenvalue weighted by molar-refractivity contribution is 0.669. The normalized spacial score (nSPS) is 15.8. The van der Waals surface area contributed by atoms with Gasteiger partial charge in [-0.05, 0) is 70.7 Å². The van der Waals surface area contributed by atoms with Crippen molar-refractivity contribution >= 4 is 43.7 Å². The highest BCUT2D eigenvalue weighted by Crippen LogP contribution is 2.40. The molecule has 0 N–H and O–H groups in total. The SMILES string of the molecule is [2H]c1c([2H])c([2H])c(-c2nc(-c3ccccc3)nc(-c3cc(-c4ccc5c(c4)oc4ccccc45)ccc3-n3c4c([2H])c([2H])c([2H])c([2H])c4c4c([2H])c(-c5c([2H])c([2H])c([2H])c([2H])c5[2H])c([2H])c([2H])c43)n2)c([2H])c1[2H]. The van der Waals surface area contributed by atoms with Gasteiger partial charge < -0.3 is 8.98 Å². The second-order valence-electron chi connectivity index (χ2n) is 12.7. The summed E-state index contributed by atoms with van der Waals surface area (Å²) >= 11 is 0. The molecule has 5 heteroatoms. The summed E-state index contributed by atoms with van der Waals surface area (Å²) in [6.45, 7) is 0. The van der Waals surface area contributed by atoms with Crippen molar-refractivity contribution in [1.29, 1.82) is 0 Å². The molecule has 0 saturated heterocycles. The zero-order valence-corrected chi connectivity index (χ0v) is 28.9. The quantitative estimate of drug-likeness (QED) is 0.171. The van der Waals surface area contributed by atoms with Crippen LogP contribution in [0.15, 0.2) is 198 Å². The predicted molar refractivity (Wildman–Crippen MR) is 229 cm³/mol. The first-order valence-corrected chi connectivity index (χ1v) is 17.4. The number of furan rings is 1. The lowest BCUT2D eigenvalue weighted by atomic mass is 9.99. The average Bonchev–Trinajstić information content (AvgIpc) is 3.98. The number of hydrogen-bond donors (Lipinski definition) is 0. The summed E-state index contributed by atoms with van der Waals surface area (Å²) in [5, 5.41) is 1.15. The molecular formula is C51H32N4O. The fourth-order valence-corrected chi connectivity index (χ4v) is 6.94. The first-order valence-electron chi connectivity index (χ1n) is 25.9. The van der Waals surface area contributed by atoms with Gasteiger partial charge >= 0.3 is 0 Å². The van der Waals surface area contributed by atoms with Crippen LogP contribution < -0.4 is 0 Å². The lowest BCUT2D eigenvalue weighted by Crippen LogP contribution is -2.04. The van der Waals surface area contributed by atoms with Crippen molar-refractivity contribution in [3.05, 3.63) is 194 Å². The third-order valence-corrected chi connectivity index (χ3v) is 9.49. The summed E-state index contributed by atoms with van der Waals surface area (Å²) in [6, 6.07) is 15.0. The highest BCUT2D eigenvalue weighted by Gasteiger charge is 2.21. The molecule has 0 aliphatic rings. The van der Waals surface area contributed by atoms with E-state index in [0.717, 1.165) is 10.8 Å². The van der Waals surface area contributed by atoms with Crippen LogP contribution in [-0.2, 0) is 0 Å². The minimum Gasteiger partial charge on any atom is -0.456 e. The predicted octanol–water partition coefficient (Wildman–Crippen LogP) is 13.2. The van der Waals surface area contributed by atoms with Gasteiger partial charge in [-0.25, -0.2) is 15.0 Å². The van der Waals surface area contributed by atoms with E-state index in [1.54, 1.807) is 48.5 Å². The number of aromatic nitrogens is 4. The van der Waals surface area contributed by atoms with Crippen LogP contribution in [0.4, 0.5) is 0 Å². The Morgan fingerprint density at radius 3 is 1.89 bits per heavy atom. The standard InChI is InChI=1S/C51H32N4O/c1-4-14-33(15-5-1)36-25-28-45-42(30-36)39-20-10-12-22-44(39)55(45)46-29-26-37(38-24-27-41-40-21-11-13-23-47(40)56-48(41)32-38)31-43(46)51-53-49(34-16-6-2-7-17-34)52-50(54-51)35-18-8-3-9-19-35/h1-32H/i1D,2D,4D,5D,6D,7D,10D,12D,14D,15D,16D,17D,20D,22D,25D,28D,30D. The number of benzene rings is 8. The molecule has 0 radical (unpaired) electrons. The zero-order chi connectivity index (χ0) is 51.8. The van der Waals surface area contributed by atoms with Crippen molar-refractivity contribution in [2.24, 2.45) is 0 Å². The molecule has 0 bridgehead atoms. The number of nitrogens with zero attached hydrogens (tertiary/aromatic N) is 4. The van der Waals surface area contributed by atoms with Crippen LogP contribution >= 0.6 is 0 Å². The minimum absolute atomic E-state index is 0.00271. The Bertz CT molecular complexity index is 4190. The molecule has 0 aliphatic carbocycles. The summed E-state index contributed by atoms with van der Waals surface area (Å²) in [7, 11) is 0. The van der Waals surface area contributed by atoms with Crippen LogP contribution in [0.2, 0.25) is 0 Å². The van der Waals surface area contributed by atoms with Crippen LogP contribution in [0.5, 0.6) is 0 Å². The molecule has 0 fully saturated rings. The summed E-state index contributed by atoms with van der Waals surface area (Å²) in [5.41, 5.74) is 0.908. The Morgan fingerprint density at radius 1 is 0.411 bits per heavy atom. The van der Waals surface area contributed by atoms with Crippen LogP contribution in [0.25, 0.3) is 106 Å². The van der Waals surface area contributed by atoms with Crippen molar-refractivity contribution in [1.82, 2.24) is 19.5 Å². The van der Waals surface area contributed by atoms with Gasteiger partial charge in [-0.2, -0.15) is 0 Å². The monoisotopic (exact) mass is 733 g/mol. The third kappa shape index (κ3) is 5.37. The Hall–Kier alpha value is -7.63. The van der Waals surface area contributed by atoms with E-state index in [-0.39, 0.29) is 56.1 Å². The largest absolute Gasteiger partial charge is 0.456 e. The Morgan fingerprint density at radius 2 is 1.05 bits per heavy atom. The first kappa shape index (κ1) is 19.1. The molecule has 11 rings (SSSR count). The Kier molecular flexibility index (Phi) is 4.45. The smallest absolute Gasteiger partial charge is 0.166 e. The van der Waals surface area contributed by atoms with E-state index in [1.807, 2.05) is 42.5 Å². The van der Waals surface area contributed by atoms with Crippen molar-refractivity contribution in [2.45, 2.75) is 0 Å². The van der Waals surface area contributed by atoms with E-state index in [4.69, 9.17) is 30.8 Å². The Labute approximate surface area is 346 Å². The molecule has 11 aromatic rings. The fourth-order valence-electron chi connectivity index (χ4n) is 6.94. The van der Waals surface area contributed by atoms with Gasteiger partial charge in [0, 0.05) is 38.2 Å². The summed E-state index contributed by atoms with van der Waals surface area (Å²) in [5.74, 6) is -0.494. The molecule has 0 aliphatic heterocycles. The van der Waals surface area contributed by atoms with Gasteiger partial charge in [-0.1, -0.05) is 145 Å². The molecule has 0 saturated carbocycles. The minimum atomic E-state index is -0.759. The molecule has 3 heterocycles. The van der Waals surface area contributed by atoms with Gasteiger partial charge in [0.2, 0.25) is 0 Å².